The number of carboxylic acids is 1. The summed E-state index contributed by atoms with van der Waals surface area (Å²) in [6, 6.07) is 0.798. The number of nitrogens with two attached hydrogens (primary N) is 1. The minimum atomic E-state index is -3.08. The van der Waals surface area contributed by atoms with E-state index in [0.717, 1.165) is 6.07 Å². The summed E-state index contributed by atoms with van der Waals surface area (Å²) in [5.41, 5.74) is 4.17. The lowest BCUT2D eigenvalue weighted by molar-refractivity contribution is -0.136. The van der Waals surface area contributed by atoms with Gasteiger partial charge in [-0.25, -0.2) is 18.2 Å². The van der Waals surface area contributed by atoms with Crippen molar-refractivity contribution in [3.05, 3.63) is 28.8 Å². The Morgan fingerprint density at radius 2 is 2.19 bits per heavy atom. The van der Waals surface area contributed by atoms with Gasteiger partial charge in [-0.1, -0.05) is 0 Å². The Hall–Kier alpha value is -1.63. The summed E-state index contributed by atoms with van der Waals surface area (Å²) in [6.45, 7) is -0.157. The summed E-state index contributed by atoms with van der Waals surface area (Å²) in [5, 5.41) is 8.52. The monoisotopic (exact) mass is 234 g/mol. The van der Waals surface area contributed by atoms with Crippen LogP contribution in [0.4, 0.5) is 13.2 Å². The number of pyridine rings is 1. The van der Waals surface area contributed by atoms with E-state index in [1.807, 2.05) is 0 Å². The third-order valence-corrected chi connectivity index (χ3v) is 1.92. The summed E-state index contributed by atoms with van der Waals surface area (Å²) in [4.78, 5) is 13.7. The largest absolute Gasteiger partial charge is 0.481 e. The Balaban J connectivity index is 3.22. The van der Waals surface area contributed by atoms with Crippen molar-refractivity contribution in [1.29, 1.82) is 0 Å². The van der Waals surface area contributed by atoms with E-state index in [4.69, 9.17) is 10.8 Å². The highest BCUT2D eigenvalue weighted by Gasteiger charge is 2.19. The van der Waals surface area contributed by atoms with E-state index in [2.05, 4.69) is 4.98 Å². The Morgan fingerprint density at radius 3 is 2.62 bits per heavy atom. The lowest BCUT2D eigenvalue weighted by atomic mass is 10.1. The first kappa shape index (κ1) is 12.4. The zero-order chi connectivity index (χ0) is 12.3. The summed E-state index contributed by atoms with van der Waals surface area (Å²) >= 11 is 0. The quantitative estimate of drug-likeness (QED) is 0.821. The van der Waals surface area contributed by atoms with Crippen molar-refractivity contribution < 1.29 is 23.1 Å². The number of carbonyl (C=O) groups is 1. The molecule has 0 saturated heterocycles. The summed E-state index contributed by atoms with van der Waals surface area (Å²) in [6.07, 6.45) is -3.65. The molecule has 0 amide bonds. The van der Waals surface area contributed by atoms with Crippen LogP contribution in [0.15, 0.2) is 6.07 Å². The maximum absolute atomic E-state index is 13.1. The van der Waals surface area contributed by atoms with E-state index in [1.165, 1.54) is 0 Å². The first-order valence-electron chi connectivity index (χ1n) is 4.34. The number of aliphatic carboxylic acids is 1. The highest BCUT2D eigenvalue weighted by Crippen LogP contribution is 2.22. The fourth-order valence-electron chi connectivity index (χ4n) is 1.21. The number of rotatable bonds is 4. The van der Waals surface area contributed by atoms with Crippen molar-refractivity contribution in [2.75, 3.05) is 0 Å². The van der Waals surface area contributed by atoms with Gasteiger partial charge in [0.15, 0.2) is 5.82 Å². The van der Waals surface area contributed by atoms with E-state index >= 15 is 0 Å². The van der Waals surface area contributed by atoms with Crippen LogP contribution in [0.5, 0.6) is 0 Å². The van der Waals surface area contributed by atoms with Crippen molar-refractivity contribution in [2.24, 2.45) is 5.73 Å². The minimum Gasteiger partial charge on any atom is -0.481 e. The first-order chi connectivity index (χ1) is 7.45. The molecule has 0 aromatic carbocycles. The zero-order valence-corrected chi connectivity index (χ0v) is 8.08. The molecule has 0 fully saturated rings. The molecule has 1 rings (SSSR count). The third-order valence-electron chi connectivity index (χ3n) is 1.92. The van der Waals surface area contributed by atoms with E-state index in [0.29, 0.717) is 0 Å². The zero-order valence-electron chi connectivity index (χ0n) is 8.08. The third kappa shape index (κ3) is 2.69. The molecule has 0 atom stereocenters. The minimum absolute atomic E-state index is 0.115. The van der Waals surface area contributed by atoms with Crippen LogP contribution in [-0.2, 0) is 17.8 Å². The predicted molar refractivity (Wildman–Crippen MR) is 48.4 cm³/mol. The number of carboxylic acid groups (broad SMARTS) is 1. The second-order valence-electron chi connectivity index (χ2n) is 3.04. The van der Waals surface area contributed by atoms with Crippen LogP contribution in [0.2, 0.25) is 0 Å². The van der Waals surface area contributed by atoms with Gasteiger partial charge >= 0.3 is 5.97 Å². The fourth-order valence-corrected chi connectivity index (χ4v) is 1.21. The molecule has 1 aromatic rings. The lowest BCUT2D eigenvalue weighted by Crippen LogP contribution is -2.12. The van der Waals surface area contributed by atoms with Gasteiger partial charge in [-0.15, -0.1) is 0 Å². The summed E-state index contributed by atoms with van der Waals surface area (Å²) in [7, 11) is 0. The van der Waals surface area contributed by atoms with Gasteiger partial charge in [0.05, 0.1) is 12.1 Å². The fraction of sp³-hybridized carbons (Fsp3) is 0.333. The standard InChI is InChI=1S/C9H9F3N2O2/c10-5-1-4(3-13)6(2-7(15)16)14-8(5)9(11)12/h1,9H,2-3,13H2,(H,15,16). The Bertz CT molecular complexity index is 410. The van der Waals surface area contributed by atoms with Crippen molar-refractivity contribution >= 4 is 5.97 Å². The molecule has 0 saturated carbocycles. The maximum atomic E-state index is 13.1. The number of aromatic nitrogens is 1. The molecule has 0 bridgehead atoms. The van der Waals surface area contributed by atoms with E-state index in [-0.39, 0.29) is 17.8 Å². The molecule has 4 nitrogen and oxygen atoms in total. The number of halogens is 3. The van der Waals surface area contributed by atoms with E-state index in [1.54, 1.807) is 0 Å². The van der Waals surface area contributed by atoms with Gasteiger partial charge in [-0.05, 0) is 11.6 Å². The first-order valence-corrected chi connectivity index (χ1v) is 4.34. The van der Waals surface area contributed by atoms with Crippen molar-refractivity contribution in [2.45, 2.75) is 19.4 Å². The van der Waals surface area contributed by atoms with E-state index < -0.39 is 30.3 Å². The molecule has 1 heterocycles. The Kier molecular flexibility index (Phi) is 3.83. The molecule has 88 valence electrons. The van der Waals surface area contributed by atoms with Crippen LogP contribution < -0.4 is 5.73 Å². The molecule has 0 spiro atoms. The second kappa shape index (κ2) is 4.93. The molecule has 1 aromatic heterocycles. The van der Waals surface area contributed by atoms with Crippen molar-refractivity contribution in [3.63, 3.8) is 0 Å². The lowest BCUT2D eigenvalue weighted by Gasteiger charge is -2.08. The average Bonchev–Trinajstić information content (AvgIpc) is 2.18. The number of hydrogen-bond acceptors (Lipinski definition) is 3. The molecule has 0 unspecified atom stereocenters. The number of hydrogen-bond donors (Lipinski definition) is 2. The Labute approximate surface area is 88.9 Å². The Morgan fingerprint density at radius 1 is 1.56 bits per heavy atom. The highest BCUT2D eigenvalue weighted by molar-refractivity contribution is 5.70. The van der Waals surface area contributed by atoms with Gasteiger partial charge in [0, 0.05) is 6.54 Å². The van der Waals surface area contributed by atoms with Gasteiger partial charge in [-0.3, -0.25) is 4.79 Å². The molecule has 3 N–H and O–H groups in total. The number of alkyl halides is 2. The number of nitrogens with zero attached hydrogens (tertiary/aromatic N) is 1. The van der Waals surface area contributed by atoms with Crippen molar-refractivity contribution in [3.8, 4) is 0 Å². The normalized spacial score (nSPS) is 10.8. The SMILES string of the molecule is NCc1cc(F)c(C(F)F)nc1CC(=O)O. The highest BCUT2D eigenvalue weighted by atomic mass is 19.3. The van der Waals surface area contributed by atoms with Crippen molar-refractivity contribution in [1.82, 2.24) is 4.98 Å². The maximum Gasteiger partial charge on any atom is 0.309 e. The smallest absolute Gasteiger partial charge is 0.309 e. The molecule has 7 heteroatoms. The van der Waals surface area contributed by atoms with Crippen LogP contribution in [0.3, 0.4) is 0 Å². The van der Waals surface area contributed by atoms with Crippen LogP contribution in [-0.4, -0.2) is 16.1 Å². The van der Waals surface area contributed by atoms with E-state index in [9.17, 15) is 18.0 Å². The molecular weight excluding hydrogens is 225 g/mol. The molecule has 0 radical (unpaired) electrons. The predicted octanol–water partition coefficient (Wildman–Crippen LogP) is 1.24. The average molecular weight is 234 g/mol. The van der Waals surface area contributed by atoms with Gasteiger partial charge in [0.25, 0.3) is 6.43 Å². The van der Waals surface area contributed by atoms with Gasteiger partial charge in [0.2, 0.25) is 0 Å². The molecule has 0 aliphatic carbocycles. The molecular formula is C9H9F3N2O2. The van der Waals surface area contributed by atoms with Crippen LogP contribution in [0.1, 0.15) is 23.4 Å². The van der Waals surface area contributed by atoms with Crippen LogP contribution >= 0.6 is 0 Å². The van der Waals surface area contributed by atoms with Crippen LogP contribution in [0, 0.1) is 5.82 Å². The van der Waals surface area contributed by atoms with Crippen LogP contribution in [0.25, 0.3) is 0 Å². The molecule has 0 aliphatic heterocycles. The topological polar surface area (TPSA) is 76.2 Å². The second-order valence-corrected chi connectivity index (χ2v) is 3.04. The van der Waals surface area contributed by atoms with Gasteiger partial charge in [-0.2, -0.15) is 0 Å². The summed E-state index contributed by atoms with van der Waals surface area (Å²) < 4.78 is 37.7. The van der Waals surface area contributed by atoms with Gasteiger partial charge < -0.3 is 10.8 Å². The summed E-state index contributed by atoms with van der Waals surface area (Å²) in [5.74, 6) is -2.42. The van der Waals surface area contributed by atoms with Gasteiger partial charge in [0.1, 0.15) is 5.69 Å². The molecule has 16 heavy (non-hydrogen) atoms. The molecule has 0 aliphatic rings.